The number of carbonyl (C=O) groups excluding carboxylic acids is 1. The molecule has 2 aromatic rings. The van der Waals surface area contributed by atoms with Crippen molar-refractivity contribution < 1.29 is 4.79 Å². The second-order valence-corrected chi connectivity index (χ2v) is 5.21. The molecule has 0 atom stereocenters. The van der Waals surface area contributed by atoms with Gasteiger partial charge in [-0.25, -0.2) is 0 Å². The van der Waals surface area contributed by atoms with Crippen molar-refractivity contribution in [2.75, 3.05) is 5.32 Å². The summed E-state index contributed by atoms with van der Waals surface area (Å²) in [5, 5.41) is 3.57. The fourth-order valence-corrected chi connectivity index (χ4v) is 2.19. The molecule has 2 nitrogen and oxygen atoms in total. The van der Waals surface area contributed by atoms with Gasteiger partial charge in [0, 0.05) is 10.7 Å². The van der Waals surface area contributed by atoms with Crippen LogP contribution in [0.15, 0.2) is 42.5 Å². The minimum Gasteiger partial charge on any atom is -0.326 e. The van der Waals surface area contributed by atoms with Gasteiger partial charge >= 0.3 is 0 Å². The topological polar surface area (TPSA) is 29.1 Å². The highest BCUT2D eigenvalue weighted by Crippen LogP contribution is 2.23. The first-order valence-electron chi connectivity index (χ1n) is 6.73. The van der Waals surface area contributed by atoms with Crippen LogP contribution in [0.2, 0.25) is 5.02 Å². The smallest absolute Gasteiger partial charge is 0.228 e. The number of benzene rings is 2. The van der Waals surface area contributed by atoms with Gasteiger partial charge in [-0.2, -0.15) is 0 Å². The van der Waals surface area contributed by atoms with E-state index in [4.69, 9.17) is 11.6 Å². The third-order valence-corrected chi connectivity index (χ3v) is 3.75. The molecule has 3 heteroatoms. The normalized spacial score (nSPS) is 10.3. The third-order valence-electron chi connectivity index (χ3n) is 3.34. The van der Waals surface area contributed by atoms with E-state index < -0.39 is 0 Å². The molecule has 104 valence electrons. The summed E-state index contributed by atoms with van der Waals surface area (Å²) in [6.45, 7) is 4.01. The number of nitrogens with one attached hydrogen (secondary N) is 1. The number of rotatable bonds is 4. The van der Waals surface area contributed by atoms with Crippen molar-refractivity contribution in [2.45, 2.75) is 26.7 Å². The quantitative estimate of drug-likeness (QED) is 0.888. The molecule has 0 spiro atoms. The largest absolute Gasteiger partial charge is 0.326 e. The zero-order valence-corrected chi connectivity index (χ0v) is 12.5. The van der Waals surface area contributed by atoms with Crippen LogP contribution in [0, 0.1) is 6.92 Å². The molecule has 0 unspecified atom stereocenters. The first-order valence-corrected chi connectivity index (χ1v) is 7.10. The monoisotopic (exact) mass is 287 g/mol. The lowest BCUT2D eigenvalue weighted by atomic mass is 10.1. The summed E-state index contributed by atoms with van der Waals surface area (Å²) in [4.78, 5) is 12.0. The Morgan fingerprint density at radius 2 is 1.75 bits per heavy atom. The van der Waals surface area contributed by atoms with Crippen molar-refractivity contribution in [1.82, 2.24) is 0 Å². The van der Waals surface area contributed by atoms with E-state index in [2.05, 4.69) is 24.4 Å². The lowest BCUT2D eigenvalue weighted by Gasteiger charge is -2.09. The van der Waals surface area contributed by atoms with Crippen LogP contribution in [0.4, 0.5) is 5.69 Å². The van der Waals surface area contributed by atoms with Gasteiger partial charge in [-0.15, -0.1) is 0 Å². The highest BCUT2D eigenvalue weighted by molar-refractivity contribution is 6.31. The van der Waals surface area contributed by atoms with Gasteiger partial charge in [0.15, 0.2) is 0 Å². The summed E-state index contributed by atoms with van der Waals surface area (Å²) in [7, 11) is 0. The molecule has 0 radical (unpaired) electrons. The fraction of sp³-hybridized carbons (Fsp3) is 0.235. The molecule has 20 heavy (non-hydrogen) atoms. The van der Waals surface area contributed by atoms with E-state index in [1.54, 1.807) is 0 Å². The van der Waals surface area contributed by atoms with Gasteiger partial charge in [0.1, 0.15) is 0 Å². The Balaban J connectivity index is 2.03. The summed E-state index contributed by atoms with van der Waals surface area (Å²) >= 11 is 6.04. The molecule has 0 aliphatic heterocycles. The van der Waals surface area contributed by atoms with Crippen LogP contribution < -0.4 is 5.32 Å². The van der Waals surface area contributed by atoms with Gasteiger partial charge in [0.05, 0.1) is 6.42 Å². The highest BCUT2D eigenvalue weighted by atomic mass is 35.5. The van der Waals surface area contributed by atoms with Crippen LogP contribution in [0.25, 0.3) is 0 Å². The van der Waals surface area contributed by atoms with E-state index in [0.717, 1.165) is 23.2 Å². The van der Waals surface area contributed by atoms with Gasteiger partial charge < -0.3 is 5.32 Å². The molecule has 0 aromatic heterocycles. The first-order chi connectivity index (χ1) is 9.60. The summed E-state index contributed by atoms with van der Waals surface area (Å²) in [5.74, 6) is -0.0281. The molecule has 1 amide bonds. The van der Waals surface area contributed by atoms with Gasteiger partial charge in [0.2, 0.25) is 5.91 Å². The summed E-state index contributed by atoms with van der Waals surface area (Å²) in [5.41, 5.74) is 3.95. The molecule has 0 saturated heterocycles. The minimum absolute atomic E-state index is 0.0281. The van der Waals surface area contributed by atoms with E-state index in [0.29, 0.717) is 11.4 Å². The Labute approximate surface area is 124 Å². The zero-order chi connectivity index (χ0) is 14.5. The van der Waals surface area contributed by atoms with Crippen LogP contribution in [-0.4, -0.2) is 5.91 Å². The van der Waals surface area contributed by atoms with Crippen molar-refractivity contribution in [2.24, 2.45) is 0 Å². The first kappa shape index (κ1) is 14.6. The summed E-state index contributed by atoms with van der Waals surface area (Å²) in [6.07, 6.45) is 1.38. The Bertz CT molecular complexity index is 605. The number of carbonyl (C=O) groups is 1. The lowest BCUT2D eigenvalue weighted by molar-refractivity contribution is -0.115. The Hall–Kier alpha value is -1.80. The van der Waals surface area contributed by atoms with Crippen molar-refractivity contribution in [3.8, 4) is 0 Å². The van der Waals surface area contributed by atoms with E-state index >= 15 is 0 Å². The van der Waals surface area contributed by atoms with Crippen molar-refractivity contribution >= 4 is 23.2 Å². The second-order valence-electron chi connectivity index (χ2n) is 4.81. The van der Waals surface area contributed by atoms with E-state index in [9.17, 15) is 4.79 Å². The summed E-state index contributed by atoms with van der Waals surface area (Å²) < 4.78 is 0. The average Bonchev–Trinajstić information content (AvgIpc) is 2.45. The Morgan fingerprint density at radius 1 is 1.10 bits per heavy atom. The maximum absolute atomic E-state index is 12.0. The molecule has 0 aliphatic carbocycles. The predicted molar refractivity (Wildman–Crippen MR) is 84.3 cm³/mol. The van der Waals surface area contributed by atoms with Crippen LogP contribution in [-0.2, 0) is 17.6 Å². The maximum Gasteiger partial charge on any atom is 0.228 e. The number of amides is 1. The Morgan fingerprint density at radius 3 is 2.40 bits per heavy atom. The van der Waals surface area contributed by atoms with Crippen LogP contribution in [0.5, 0.6) is 0 Å². The van der Waals surface area contributed by atoms with E-state index in [-0.39, 0.29) is 5.91 Å². The number of anilines is 1. The van der Waals surface area contributed by atoms with Gasteiger partial charge in [-0.3, -0.25) is 4.79 Å². The second kappa shape index (κ2) is 6.58. The molecule has 0 fully saturated rings. The Kier molecular flexibility index (Phi) is 4.80. The predicted octanol–water partition coefficient (Wildman–Crippen LogP) is 4.39. The van der Waals surface area contributed by atoms with E-state index in [1.165, 1.54) is 5.56 Å². The summed E-state index contributed by atoms with van der Waals surface area (Å²) in [6, 6.07) is 13.6. The zero-order valence-electron chi connectivity index (χ0n) is 11.7. The number of hydrogen-bond donors (Lipinski definition) is 1. The fourth-order valence-electron chi connectivity index (χ4n) is 2.02. The number of aryl methyl sites for hydroxylation is 1. The highest BCUT2D eigenvalue weighted by Gasteiger charge is 2.07. The molecule has 1 N–H and O–H groups in total. The van der Waals surface area contributed by atoms with Gasteiger partial charge in [0.25, 0.3) is 0 Å². The van der Waals surface area contributed by atoms with E-state index in [1.807, 2.05) is 37.3 Å². The average molecular weight is 288 g/mol. The van der Waals surface area contributed by atoms with Crippen molar-refractivity contribution in [3.05, 3.63) is 64.2 Å². The maximum atomic E-state index is 12.0. The molecule has 2 aromatic carbocycles. The molecule has 0 saturated carbocycles. The lowest BCUT2D eigenvalue weighted by Crippen LogP contribution is -2.15. The van der Waals surface area contributed by atoms with Crippen LogP contribution in [0.3, 0.4) is 0 Å². The molecular formula is C17H18ClNO. The molecule has 2 rings (SSSR count). The molecular weight excluding hydrogens is 270 g/mol. The number of hydrogen-bond acceptors (Lipinski definition) is 1. The van der Waals surface area contributed by atoms with Gasteiger partial charge in [-0.1, -0.05) is 48.9 Å². The van der Waals surface area contributed by atoms with Gasteiger partial charge in [-0.05, 0) is 42.2 Å². The molecule has 0 heterocycles. The third kappa shape index (κ3) is 3.61. The van der Waals surface area contributed by atoms with Crippen molar-refractivity contribution in [3.63, 3.8) is 0 Å². The minimum atomic E-state index is -0.0281. The standard InChI is InChI=1S/C17H18ClNO/c1-3-13-7-9-14(10-8-13)11-17(20)19-16-6-4-5-15(18)12(16)2/h4-10H,3,11H2,1-2H3,(H,19,20). The van der Waals surface area contributed by atoms with Crippen molar-refractivity contribution in [1.29, 1.82) is 0 Å². The molecule has 0 bridgehead atoms. The van der Waals surface area contributed by atoms with Crippen LogP contribution >= 0.6 is 11.6 Å². The molecule has 0 aliphatic rings. The van der Waals surface area contributed by atoms with Crippen LogP contribution in [0.1, 0.15) is 23.6 Å². The number of halogens is 1. The SMILES string of the molecule is CCc1ccc(CC(=O)Nc2cccc(Cl)c2C)cc1.